The molecule has 0 saturated carbocycles. The molecule has 3 nitrogen and oxygen atoms in total. The Bertz CT molecular complexity index is 1350. The van der Waals surface area contributed by atoms with E-state index in [-0.39, 0.29) is 0 Å². The van der Waals surface area contributed by atoms with E-state index < -0.39 is 0 Å². The summed E-state index contributed by atoms with van der Waals surface area (Å²) in [5, 5.41) is 0. The van der Waals surface area contributed by atoms with Gasteiger partial charge in [-0.25, -0.2) is 0 Å². The number of halogens is 1. The van der Waals surface area contributed by atoms with E-state index in [2.05, 4.69) is 118 Å². The summed E-state index contributed by atoms with van der Waals surface area (Å²) in [7, 11) is 3.34. The standard InChI is InChI=1S/C32H26BrNO2/c1-35-31-22-32(36-2)30(21-29(31)33)34(27-17-13-25(14-18-27)23-9-5-3-6-10-23)28-19-15-26(16-20-28)24-11-7-4-8-12-24/h3-22H,1-2H3. The van der Waals surface area contributed by atoms with Crippen molar-refractivity contribution in [3.63, 3.8) is 0 Å². The van der Waals surface area contributed by atoms with Crippen LogP contribution in [0.25, 0.3) is 22.3 Å². The van der Waals surface area contributed by atoms with E-state index >= 15 is 0 Å². The van der Waals surface area contributed by atoms with Gasteiger partial charge < -0.3 is 14.4 Å². The quantitative estimate of drug-likeness (QED) is 0.207. The van der Waals surface area contributed by atoms with Crippen LogP contribution in [0.4, 0.5) is 17.1 Å². The molecule has 0 saturated heterocycles. The van der Waals surface area contributed by atoms with Crippen molar-refractivity contribution in [2.75, 3.05) is 19.1 Å². The van der Waals surface area contributed by atoms with Gasteiger partial charge in [-0.2, -0.15) is 0 Å². The molecule has 178 valence electrons. The molecule has 5 aromatic carbocycles. The fourth-order valence-corrected chi connectivity index (χ4v) is 4.81. The molecule has 0 N–H and O–H groups in total. The van der Waals surface area contributed by atoms with Gasteiger partial charge in [0.05, 0.1) is 24.4 Å². The van der Waals surface area contributed by atoms with Crippen molar-refractivity contribution >= 4 is 33.0 Å². The first kappa shape index (κ1) is 23.7. The molecular formula is C32H26BrNO2. The minimum Gasteiger partial charge on any atom is -0.495 e. The lowest BCUT2D eigenvalue weighted by molar-refractivity contribution is 0.393. The summed E-state index contributed by atoms with van der Waals surface area (Å²) in [5.74, 6) is 1.43. The maximum absolute atomic E-state index is 5.81. The zero-order valence-corrected chi connectivity index (χ0v) is 21.8. The molecule has 0 radical (unpaired) electrons. The van der Waals surface area contributed by atoms with Crippen LogP contribution < -0.4 is 14.4 Å². The molecular weight excluding hydrogens is 510 g/mol. The number of nitrogens with zero attached hydrogens (tertiary/aromatic N) is 1. The molecule has 0 heterocycles. The van der Waals surface area contributed by atoms with E-state index in [0.717, 1.165) is 27.3 Å². The highest BCUT2D eigenvalue weighted by Crippen LogP contribution is 2.45. The first-order valence-corrected chi connectivity index (χ1v) is 12.5. The largest absolute Gasteiger partial charge is 0.495 e. The smallest absolute Gasteiger partial charge is 0.146 e. The van der Waals surface area contributed by atoms with Crippen molar-refractivity contribution in [3.05, 3.63) is 126 Å². The molecule has 0 aliphatic rings. The molecule has 4 heteroatoms. The molecule has 36 heavy (non-hydrogen) atoms. The second-order valence-electron chi connectivity index (χ2n) is 8.32. The van der Waals surface area contributed by atoms with Crippen LogP contribution in [0, 0.1) is 0 Å². The summed E-state index contributed by atoms with van der Waals surface area (Å²) in [5.41, 5.74) is 7.67. The number of rotatable bonds is 7. The molecule has 0 unspecified atom stereocenters. The molecule has 0 bridgehead atoms. The summed E-state index contributed by atoms with van der Waals surface area (Å²) in [4.78, 5) is 2.20. The van der Waals surface area contributed by atoms with Crippen LogP contribution in [0.15, 0.2) is 126 Å². The van der Waals surface area contributed by atoms with E-state index in [1.165, 1.54) is 22.3 Å². The third kappa shape index (κ3) is 4.86. The van der Waals surface area contributed by atoms with Gasteiger partial charge in [-0.1, -0.05) is 84.9 Å². The van der Waals surface area contributed by atoms with Crippen LogP contribution in [-0.4, -0.2) is 14.2 Å². The van der Waals surface area contributed by atoms with E-state index in [1.54, 1.807) is 14.2 Å². The lowest BCUT2D eigenvalue weighted by atomic mass is 10.0. The predicted molar refractivity (Wildman–Crippen MR) is 153 cm³/mol. The Morgan fingerprint density at radius 3 is 1.33 bits per heavy atom. The lowest BCUT2D eigenvalue weighted by Gasteiger charge is -2.28. The fourth-order valence-electron chi connectivity index (χ4n) is 4.31. The monoisotopic (exact) mass is 535 g/mol. The molecule has 0 fully saturated rings. The highest BCUT2D eigenvalue weighted by atomic mass is 79.9. The van der Waals surface area contributed by atoms with Crippen LogP contribution in [0.3, 0.4) is 0 Å². The zero-order valence-electron chi connectivity index (χ0n) is 20.2. The van der Waals surface area contributed by atoms with Crippen molar-refractivity contribution in [3.8, 4) is 33.8 Å². The summed E-state index contributed by atoms with van der Waals surface area (Å²) >= 11 is 3.66. The van der Waals surface area contributed by atoms with Gasteiger partial charge in [0.25, 0.3) is 0 Å². The molecule has 5 aromatic rings. The number of hydrogen-bond acceptors (Lipinski definition) is 3. The lowest BCUT2D eigenvalue weighted by Crippen LogP contribution is -2.11. The maximum Gasteiger partial charge on any atom is 0.146 e. The Morgan fingerprint density at radius 1 is 0.500 bits per heavy atom. The minimum absolute atomic E-state index is 0.717. The average molecular weight is 536 g/mol. The van der Waals surface area contributed by atoms with E-state index in [1.807, 2.05) is 24.3 Å². The predicted octanol–water partition coefficient (Wildman–Crippen LogP) is 9.27. The summed E-state index contributed by atoms with van der Waals surface area (Å²) in [6.45, 7) is 0. The molecule has 0 amide bonds. The molecule has 0 aliphatic heterocycles. The molecule has 0 aliphatic carbocycles. The van der Waals surface area contributed by atoms with Gasteiger partial charge >= 0.3 is 0 Å². The molecule has 0 atom stereocenters. The van der Waals surface area contributed by atoms with Gasteiger partial charge in [-0.3, -0.25) is 0 Å². The summed E-state index contributed by atoms with van der Waals surface area (Å²) in [6, 6.07) is 41.9. The molecule has 0 spiro atoms. The Kier molecular flexibility index (Phi) is 7.06. The van der Waals surface area contributed by atoms with Crippen molar-refractivity contribution in [2.45, 2.75) is 0 Å². The van der Waals surface area contributed by atoms with Crippen LogP contribution in [0.1, 0.15) is 0 Å². The molecule has 5 rings (SSSR count). The maximum atomic E-state index is 5.81. The van der Waals surface area contributed by atoms with Crippen molar-refractivity contribution < 1.29 is 9.47 Å². The van der Waals surface area contributed by atoms with Crippen molar-refractivity contribution in [2.24, 2.45) is 0 Å². The van der Waals surface area contributed by atoms with E-state index in [4.69, 9.17) is 9.47 Å². The normalized spacial score (nSPS) is 10.6. The third-order valence-electron chi connectivity index (χ3n) is 6.16. The number of hydrogen-bond donors (Lipinski definition) is 0. The Labute approximate surface area is 220 Å². The van der Waals surface area contributed by atoms with Crippen LogP contribution in [0.5, 0.6) is 11.5 Å². The SMILES string of the molecule is COc1cc(OC)c(N(c2ccc(-c3ccccc3)cc2)c2ccc(-c3ccccc3)cc2)cc1Br. The van der Waals surface area contributed by atoms with Crippen LogP contribution in [-0.2, 0) is 0 Å². The fraction of sp³-hybridized carbons (Fsp3) is 0.0625. The zero-order chi connectivity index (χ0) is 24.9. The number of anilines is 3. The van der Waals surface area contributed by atoms with E-state index in [9.17, 15) is 0 Å². The topological polar surface area (TPSA) is 21.7 Å². The van der Waals surface area contributed by atoms with Crippen molar-refractivity contribution in [1.29, 1.82) is 0 Å². The van der Waals surface area contributed by atoms with Gasteiger partial charge in [0, 0.05) is 17.4 Å². The van der Waals surface area contributed by atoms with E-state index in [0.29, 0.717) is 5.75 Å². The second kappa shape index (κ2) is 10.7. The number of ether oxygens (including phenoxy) is 2. The third-order valence-corrected chi connectivity index (χ3v) is 6.78. The number of methoxy groups -OCH3 is 2. The first-order chi connectivity index (χ1) is 17.7. The Morgan fingerprint density at radius 2 is 0.917 bits per heavy atom. The summed E-state index contributed by atoms with van der Waals surface area (Å²) < 4.78 is 12.2. The van der Waals surface area contributed by atoms with Gasteiger partial charge in [0.1, 0.15) is 11.5 Å². The molecule has 0 aromatic heterocycles. The Hall–Kier alpha value is -4.02. The minimum atomic E-state index is 0.717. The van der Waals surface area contributed by atoms with Crippen LogP contribution in [0.2, 0.25) is 0 Å². The highest BCUT2D eigenvalue weighted by Gasteiger charge is 2.20. The average Bonchev–Trinajstić information content (AvgIpc) is 2.95. The Balaban J connectivity index is 1.61. The van der Waals surface area contributed by atoms with Gasteiger partial charge in [-0.15, -0.1) is 0 Å². The first-order valence-electron chi connectivity index (χ1n) is 11.7. The van der Waals surface area contributed by atoms with Gasteiger partial charge in [0.2, 0.25) is 0 Å². The van der Waals surface area contributed by atoms with Gasteiger partial charge in [-0.05, 0) is 68.5 Å². The highest BCUT2D eigenvalue weighted by molar-refractivity contribution is 9.10. The second-order valence-corrected chi connectivity index (χ2v) is 9.17. The van der Waals surface area contributed by atoms with Crippen LogP contribution >= 0.6 is 15.9 Å². The van der Waals surface area contributed by atoms with Crippen molar-refractivity contribution in [1.82, 2.24) is 0 Å². The number of benzene rings is 5. The van der Waals surface area contributed by atoms with Gasteiger partial charge in [0.15, 0.2) is 0 Å². The summed E-state index contributed by atoms with van der Waals surface area (Å²) in [6.07, 6.45) is 0.